The Bertz CT molecular complexity index is 330. The molecule has 0 spiro atoms. The van der Waals surface area contributed by atoms with Crippen LogP contribution in [0.5, 0.6) is 0 Å². The molecule has 0 aliphatic rings. The Labute approximate surface area is 103 Å². The predicted octanol–water partition coefficient (Wildman–Crippen LogP) is 1.53. The second-order valence-corrected chi connectivity index (χ2v) is 4.37. The third-order valence-electron chi connectivity index (χ3n) is 1.81. The van der Waals surface area contributed by atoms with Crippen LogP contribution in [0.3, 0.4) is 0 Å². The van der Waals surface area contributed by atoms with E-state index in [0.29, 0.717) is 36.1 Å². The zero-order valence-electron chi connectivity index (χ0n) is 8.74. The van der Waals surface area contributed by atoms with Crippen LogP contribution in [0.2, 0.25) is 5.02 Å². The number of aliphatic hydroxyl groups is 1. The first-order chi connectivity index (χ1) is 7.75. The fourth-order valence-corrected chi connectivity index (χ4v) is 2.14. The molecule has 1 aromatic heterocycles. The van der Waals surface area contributed by atoms with E-state index in [9.17, 15) is 4.79 Å². The lowest BCUT2D eigenvalue weighted by molar-refractivity contribution is 0.0869. The summed E-state index contributed by atoms with van der Waals surface area (Å²) >= 11 is 7.13. The van der Waals surface area contributed by atoms with Gasteiger partial charge in [0.15, 0.2) is 0 Å². The molecule has 0 saturated heterocycles. The lowest BCUT2D eigenvalue weighted by Crippen LogP contribution is -2.24. The molecule has 0 aliphatic heterocycles. The van der Waals surface area contributed by atoms with E-state index < -0.39 is 0 Å². The minimum Gasteiger partial charge on any atom is -0.394 e. The smallest absolute Gasteiger partial charge is 0.262 e. The second-order valence-electron chi connectivity index (χ2n) is 3.04. The van der Waals surface area contributed by atoms with Crippen molar-refractivity contribution in [3.8, 4) is 0 Å². The third-order valence-corrected chi connectivity index (χ3v) is 3.15. The van der Waals surface area contributed by atoms with Crippen molar-refractivity contribution in [1.82, 2.24) is 5.32 Å². The highest BCUT2D eigenvalue weighted by molar-refractivity contribution is 7.12. The summed E-state index contributed by atoms with van der Waals surface area (Å²) in [6.07, 6.45) is 0.717. The predicted molar refractivity (Wildman–Crippen MR) is 64.2 cm³/mol. The molecule has 2 N–H and O–H groups in total. The Balaban J connectivity index is 2.14. The van der Waals surface area contributed by atoms with Gasteiger partial charge in [-0.05, 0) is 17.9 Å². The molecule has 0 saturated carbocycles. The fraction of sp³-hybridized carbons (Fsp3) is 0.500. The highest BCUT2D eigenvalue weighted by Crippen LogP contribution is 2.21. The molecule has 16 heavy (non-hydrogen) atoms. The number of nitrogens with one attached hydrogen (secondary N) is 1. The van der Waals surface area contributed by atoms with Crippen LogP contribution in [0.4, 0.5) is 0 Å². The summed E-state index contributed by atoms with van der Waals surface area (Å²) in [5.41, 5.74) is 0. The van der Waals surface area contributed by atoms with Crippen molar-refractivity contribution in [3.05, 3.63) is 21.3 Å². The Morgan fingerprint density at radius 3 is 3.00 bits per heavy atom. The number of thiophene rings is 1. The first kappa shape index (κ1) is 13.4. The summed E-state index contributed by atoms with van der Waals surface area (Å²) in [5.74, 6) is -0.151. The maximum Gasteiger partial charge on any atom is 0.262 e. The number of rotatable bonds is 7. The molecule has 4 nitrogen and oxygen atoms in total. The summed E-state index contributed by atoms with van der Waals surface area (Å²) in [4.78, 5) is 12.1. The molecular weight excluding hydrogens is 250 g/mol. The summed E-state index contributed by atoms with van der Waals surface area (Å²) in [6, 6.07) is 1.70. The van der Waals surface area contributed by atoms with E-state index >= 15 is 0 Å². The molecule has 6 heteroatoms. The van der Waals surface area contributed by atoms with Crippen LogP contribution in [-0.4, -0.2) is 37.4 Å². The van der Waals surface area contributed by atoms with Gasteiger partial charge in [0.2, 0.25) is 0 Å². The Morgan fingerprint density at radius 1 is 1.56 bits per heavy atom. The van der Waals surface area contributed by atoms with Gasteiger partial charge < -0.3 is 15.2 Å². The van der Waals surface area contributed by atoms with E-state index in [1.54, 1.807) is 11.4 Å². The maximum atomic E-state index is 11.5. The van der Waals surface area contributed by atoms with Crippen LogP contribution in [0.25, 0.3) is 0 Å². The minimum atomic E-state index is -0.151. The Morgan fingerprint density at radius 2 is 2.38 bits per heavy atom. The number of hydrogen-bond acceptors (Lipinski definition) is 4. The van der Waals surface area contributed by atoms with Crippen molar-refractivity contribution in [2.75, 3.05) is 26.4 Å². The molecule has 1 amide bonds. The number of aliphatic hydroxyl groups excluding tert-OH is 1. The average molecular weight is 264 g/mol. The van der Waals surface area contributed by atoms with Gasteiger partial charge in [0, 0.05) is 13.2 Å². The third kappa shape index (κ3) is 4.49. The topological polar surface area (TPSA) is 58.6 Å². The quantitative estimate of drug-likeness (QED) is 0.734. The number of amides is 1. The zero-order valence-corrected chi connectivity index (χ0v) is 10.3. The molecule has 0 radical (unpaired) electrons. The van der Waals surface area contributed by atoms with Gasteiger partial charge in [-0.15, -0.1) is 11.3 Å². The Hall–Kier alpha value is -0.620. The van der Waals surface area contributed by atoms with Crippen molar-refractivity contribution in [2.24, 2.45) is 0 Å². The van der Waals surface area contributed by atoms with Gasteiger partial charge in [-0.25, -0.2) is 0 Å². The van der Waals surface area contributed by atoms with Gasteiger partial charge in [-0.1, -0.05) is 11.6 Å². The van der Waals surface area contributed by atoms with Crippen molar-refractivity contribution >= 4 is 28.8 Å². The lowest BCUT2D eigenvalue weighted by Gasteiger charge is -2.04. The standard InChI is InChI=1S/C10H14ClNO3S/c11-8-2-7-16-9(8)10(14)12-3-1-5-15-6-4-13/h2,7,13H,1,3-6H2,(H,12,14). The molecule has 1 aromatic rings. The van der Waals surface area contributed by atoms with Crippen LogP contribution in [0.15, 0.2) is 11.4 Å². The first-order valence-electron chi connectivity index (χ1n) is 4.95. The van der Waals surface area contributed by atoms with E-state index in [-0.39, 0.29) is 12.5 Å². The summed E-state index contributed by atoms with van der Waals surface area (Å²) in [6.45, 7) is 1.43. The maximum absolute atomic E-state index is 11.5. The number of hydrogen-bond donors (Lipinski definition) is 2. The van der Waals surface area contributed by atoms with Gasteiger partial charge in [0.05, 0.1) is 18.2 Å². The summed E-state index contributed by atoms with van der Waals surface area (Å²) < 4.78 is 5.05. The van der Waals surface area contributed by atoms with E-state index in [4.69, 9.17) is 21.4 Å². The van der Waals surface area contributed by atoms with Crippen LogP contribution < -0.4 is 5.32 Å². The van der Waals surface area contributed by atoms with Gasteiger partial charge in [-0.3, -0.25) is 4.79 Å². The average Bonchev–Trinajstić information content (AvgIpc) is 2.69. The number of halogens is 1. The van der Waals surface area contributed by atoms with Crippen molar-refractivity contribution in [1.29, 1.82) is 0 Å². The van der Waals surface area contributed by atoms with Gasteiger partial charge in [0.1, 0.15) is 4.88 Å². The van der Waals surface area contributed by atoms with E-state index in [1.165, 1.54) is 11.3 Å². The van der Waals surface area contributed by atoms with Gasteiger partial charge >= 0.3 is 0 Å². The molecule has 0 fully saturated rings. The molecule has 0 atom stereocenters. The molecule has 1 rings (SSSR count). The van der Waals surface area contributed by atoms with E-state index in [0.717, 1.165) is 0 Å². The first-order valence-corrected chi connectivity index (χ1v) is 6.21. The SMILES string of the molecule is O=C(NCCCOCCO)c1sccc1Cl. The second kappa shape index (κ2) is 7.62. The molecule has 0 aromatic carbocycles. The molecule has 1 heterocycles. The van der Waals surface area contributed by atoms with Crippen LogP contribution >= 0.6 is 22.9 Å². The van der Waals surface area contributed by atoms with Gasteiger partial charge in [0.25, 0.3) is 5.91 Å². The molecule has 90 valence electrons. The van der Waals surface area contributed by atoms with Crippen molar-refractivity contribution in [3.63, 3.8) is 0 Å². The number of ether oxygens (including phenoxy) is 1. The minimum absolute atomic E-state index is 0.0250. The summed E-state index contributed by atoms with van der Waals surface area (Å²) in [5, 5.41) is 13.5. The highest BCUT2D eigenvalue weighted by Gasteiger charge is 2.10. The van der Waals surface area contributed by atoms with Crippen LogP contribution in [-0.2, 0) is 4.74 Å². The van der Waals surface area contributed by atoms with Gasteiger partial charge in [-0.2, -0.15) is 0 Å². The van der Waals surface area contributed by atoms with Crippen molar-refractivity contribution < 1.29 is 14.6 Å². The normalized spacial score (nSPS) is 10.4. The largest absolute Gasteiger partial charge is 0.394 e. The monoisotopic (exact) mass is 263 g/mol. The molecule has 0 unspecified atom stereocenters. The zero-order chi connectivity index (χ0) is 11.8. The molecule has 0 aliphatic carbocycles. The number of carbonyl (C=O) groups excluding carboxylic acids is 1. The lowest BCUT2D eigenvalue weighted by atomic mass is 10.4. The Kier molecular flexibility index (Phi) is 6.40. The fourth-order valence-electron chi connectivity index (χ4n) is 1.08. The summed E-state index contributed by atoms with van der Waals surface area (Å²) in [7, 11) is 0. The van der Waals surface area contributed by atoms with E-state index in [1.807, 2.05) is 0 Å². The van der Waals surface area contributed by atoms with E-state index in [2.05, 4.69) is 5.32 Å². The number of carbonyl (C=O) groups is 1. The molecular formula is C10H14ClNO3S. The van der Waals surface area contributed by atoms with Crippen LogP contribution in [0, 0.1) is 0 Å². The van der Waals surface area contributed by atoms with Crippen LogP contribution in [0.1, 0.15) is 16.1 Å². The molecule has 0 bridgehead atoms. The van der Waals surface area contributed by atoms with Crippen molar-refractivity contribution in [2.45, 2.75) is 6.42 Å². The highest BCUT2D eigenvalue weighted by atomic mass is 35.5.